The molecule has 3 N–H and O–H groups in total. The van der Waals surface area contributed by atoms with Crippen molar-refractivity contribution in [2.24, 2.45) is 0 Å². The summed E-state index contributed by atoms with van der Waals surface area (Å²) in [5.74, 6) is 0.443. The fourth-order valence-corrected chi connectivity index (χ4v) is 2.45. The third-order valence-corrected chi connectivity index (χ3v) is 3.31. The lowest BCUT2D eigenvalue weighted by Crippen LogP contribution is -2.21. The Morgan fingerprint density at radius 2 is 2.00 bits per heavy atom. The van der Waals surface area contributed by atoms with Crippen LogP contribution in [0.2, 0.25) is 0 Å². The second kappa shape index (κ2) is 6.43. The summed E-state index contributed by atoms with van der Waals surface area (Å²) in [6.45, 7) is 1.84. The van der Waals surface area contributed by atoms with Gasteiger partial charge in [0.1, 0.15) is 5.75 Å². The molecule has 104 valence electrons. The number of carbonyl (C=O) groups is 1. The van der Waals surface area contributed by atoms with Crippen LogP contribution in [0, 0.1) is 6.92 Å². The Morgan fingerprint density at radius 3 is 2.65 bits per heavy atom. The first-order valence-electron chi connectivity index (χ1n) is 6.09. The number of para-hydroxylation sites is 1. The van der Waals surface area contributed by atoms with Crippen LogP contribution in [0.5, 0.6) is 5.75 Å². The number of ether oxygens (including phenoxy) is 1. The van der Waals surface area contributed by atoms with Gasteiger partial charge in [-0.25, -0.2) is 0 Å². The summed E-state index contributed by atoms with van der Waals surface area (Å²) >= 11 is 3.39. The van der Waals surface area contributed by atoms with Gasteiger partial charge in [0, 0.05) is 10.2 Å². The molecule has 4 nitrogen and oxygen atoms in total. The summed E-state index contributed by atoms with van der Waals surface area (Å²) in [6.07, 6.45) is 0. The summed E-state index contributed by atoms with van der Waals surface area (Å²) in [7, 11) is 0. The number of nitrogen functional groups attached to an aromatic ring is 1. The van der Waals surface area contributed by atoms with Crippen molar-refractivity contribution in [3.05, 3.63) is 52.5 Å². The van der Waals surface area contributed by atoms with Gasteiger partial charge in [-0.2, -0.15) is 0 Å². The number of rotatable bonds is 4. The molecule has 0 fully saturated rings. The Kier molecular flexibility index (Phi) is 4.63. The number of benzene rings is 2. The highest BCUT2D eigenvalue weighted by atomic mass is 79.9. The minimum Gasteiger partial charge on any atom is -0.484 e. The first kappa shape index (κ1) is 14.4. The Hall–Kier alpha value is -2.01. The molecule has 0 bridgehead atoms. The summed E-state index contributed by atoms with van der Waals surface area (Å²) in [5.41, 5.74) is 7.98. The molecule has 5 heteroatoms. The van der Waals surface area contributed by atoms with E-state index in [1.54, 1.807) is 24.3 Å². The van der Waals surface area contributed by atoms with Crippen LogP contribution in [0.3, 0.4) is 0 Å². The molecular formula is C15H15BrN2O2. The zero-order valence-corrected chi connectivity index (χ0v) is 12.6. The lowest BCUT2D eigenvalue weighted by molar-refractivity contribution is -0.118. The first-order chi connectivity index (χ1) is 9.56. The van der Waals surface area contributed by atoms with Crippen molar-refractivity contribution in [3.8, 4) is 5.75 Å². The van der Waals surface area contributed by atoms with Gasteiger partial charge in [-0.1, -0.05) is 18.2 Å². The molecule has 0 heterocycles. The molecule has 0 aromatic heterocycles. The van der Waals surface area contributed by atoms with E-state index in [1.165, 1.54) is 0 Å². The van der Waals surface area contributed by atoms with E-state index >= 15 is 0 Å². The van der Waals surface area contributed by atoms with E-state index < -0.39 is 0 Å². The smallest absolute Gasteiger partial charge is 0.262 e. The van der Waals surface area contributed by atoms with Gasteiger partial charge in [-0.3, -0.25) is 4.79 Å². The van der Waals surface area contributed by atoms with Crippen LogP contribution in [-0.4, -0.2) is 12.5 Å². The molecular weight excluding hydrogens is 320 g/mol. The highest BCUT2D eigenvalue weighted by Gasteiger charge is 2.10. The molecule has 0 unspecified atom stereocenters. The molecule has 20 heavy (non-hydrogen) atoms. The van der Waals surface area contributed by atoms with E-state index in [0.29, 0.717) is 17.1 Å². The third kappa shape index (κ3) is 3.74. The number of halogens is 1. The van der Waals surface area contributed by atoms with Crippen LogP contribution in [0.1, 0.15) is 5.56 Å². The second-order valence-electron chi connectivity index (χ2n) is 4.34. The van der Waals surface area contributed by atoms with Gasteiger partial charge in [0.25, 0.3) is 5.91 Å². The number of carbonyl (C=O) groups excluding carboxylic acids is 1. The standard InChI is InChI=1S/C15H15BrN2O2/c1-10-7-11(17)8-13(16)15(10)18-14(19)9-20-12-5-3-2-4-6-12/h2-8H,9,17H2,1H3,(H,18,19). The summed E-state index contributed by atoms with van der Waals surface area (Å²) < 4.78 is 6.14. The molecule has 0 spiro atoms. The number of hydrogen-bond acceptors (Lipinski definition) is 3. The number of nitrogens with one attached hydrogen (secondary N) is 1. The van der Waals surface area contributed by atoms with Crippen molar-refractivity contribution >= 4 is 33.2 Å². The van der Waals surface area contributed by atoms with Crippen LogP contribution in [0.15, 0.2) is 46.9 Å². The number of anilines is 2. The maximum Gasteiger partial charge on any atom is 0.262 e. The van der Waals surface area contributed by atoms with Crippen LogP contribution in [0.4, 0.5) is 11.4 Å². The van der Waals surface area contributed by atoms with Crippen molar-refractivity contribution in [3.63, 3.8) is 0 Å². The Bertz CT molecular complexity index is 592. The van der Waals surface area contributed by atoms with E-state index in [-0.39, 0.29) is 12.5 Å². The fraction of sp³-hybridized carbons (Fsp3) is 0.133. The van der Waals surface area contributed by atoms with Crippen molar-refractivity contribution in [1.82, 2.24) is 0 Å². The zero-order valence-electron chi connectivity index (χ0n) is 11.0. The van der Waals surface area contributed by atoms with E-state index in [4.69, 9.17) is 10.5 Å². The highest BCUT2D eigenvalue weighted by Crippen LogP contribution is 2.28. The van der Waals surface area contributed by atoms with E-state index in [9.17, 15) is 4.79 Å². The predicted octanol–water partition coefficient (Wildman–Crippen LogP) is 3.36. The summed E-state index contributed by atoms with van der Waals surface area (Å²) in [5, 5.41) is 2.81. The number of amides is 1. The van der Waals surface area contributed by atoms with Gasteiger partial charge in [0.15, 0.2) is 6.61 Å². The predicted molar refractivity (Wildman–Crippen MR) is 83.9 cm³/mol. The highest BCUT2D eigenvalue weighted by molar-refractivity contribution is 9.10. The minimum atomic E-state index is -0.220. The molecule has 0 aliphatic heterocycles. The molecule has 2 aromatic rings. The van der Waals surface area contributed by atoms with Gasteiger partial charge in [0.2, 0.25) is 0 Å². The number of nitrogens with two attached hydrogens (primary N) is 1. The SMILES string of the molecule is Cc1cc(N)cc(Br)c1NC(=O)COc1ccccc1. The van der Waals surface area contributed by atoms with Crippen molar-refractivity contribution in [2.45, 2.75) is 6.92 Å². The van der Waals surface area contributed by atoms with Crippen LogP contribution in [0.25, 0.3) is 0 Å². The molecule has 0 radical (unpaired) electrons. The third-order valence-electron chi connectivity index (χ3n) is 2.69. The van der Waals surface area contributed by atoms with Crippen molar-refractivity contribution in [1.29, 1.82) is 0 Å². The quantitative estimate of drug-likeness (QED) is 0.842. The largest absolute Gasteiger partial charge is 0.484 e. The van der Waals surface area contributed by atoms with Crippen LogP contribution < -0.4 is 15.8 Å². The average molecular weight is 335 g/mol. The molecule has 0 saturated heterocycles. The van der Waals surface area contributed by atoms with Gasteiger partial charge in [0.05, 0.1) is 5.69 Å². The molecule has 1 amide bonds. The molecule has 0 saturated carbocycles. The molecule has 2 aromatic carbocycles. The number of hydrogen-bond donors (Lipinski definition) is 2. The molecule has 0 aliphatic carbocycles. The normalized spacial score (nSPS) is 10.1. The summed E-state index contributed by atoms with van der Waals surface area (Å²) in [4.78, 5) is 11.9. The molecule has 0 atom stereocenters. The second-order valence-corrected chi connectivity index (χ2v) is 5.20. The van der Waals surface area contributed by atoms with Crippen LogP contribution >= 0.6 is 15.9 Å². The zero-order chi connectivity index (χ0) is 14.5. The Labute approximate surface area is 126 Å². The first-order valence-corrected chi connectivity index (χ1v) is 6.89. The molecule has 0 aliphatic rings. The van der Waals surface area contributed by atoms with Crippen LogP contribution in [-0.2, 0) is 4.79 Å². The number of aryl methyl sites for hydroxylation is 1. The van der Waals surface area contributed by atoms with E-state index in [2.05, 4.69) is 21.2 Å². The lowest BCUT2D eigenvalue weighted by atomic mass is 10.2. The van der Waals surface area contributed by atoms with Crippen molar-refractivity contribution in [2.75, 3.05) is 17.7 Å². The maximum atomic E-state index is 11.9. The van der Waals surface area contributed by atoms with Gasteiger partial charge < -0.3 is 15.8 Å². The van der Waals surface area contributed by atoms with Gasteiger partial charge in [-0.05, 0) is 52.7 Å². The van der Waals surface area contributed by atoms with E-state index in [1.807, 2.05) is 25.1 Å². The minimum absolute atomic E-state index is 0.0414. The maximum absolute atomic E-state index is 11.9. The van der Waals surface area contributed by atoms with Gasteiger partial charge >= 0.3 is 0 Å². The Morgan fingerprint density at radius 1 is 1.30 bits per heavy atom. The monoisotopic (exact) mass is 334 g/mol. The fourth-order valence-electron chi connectivity index (χ4n) is 1.77. The summed E-state index contributed by atoms with van der Waals surface area (Å²) in [6, 6.07) is 12.8. The topological polar surface area (TPSA) is 64.3 Å². The van der Waals surface area contributed by atoms with E-state index in [0.717, 1.165) is 10.0 Å². The average Bonchev–Trinajstić information content (AvgIpc) is 2.42. The Balaban J connectivity index is 1.98. The van der Waals surface area contributed by atoms with Gasteiger partial charge in [-0.15, -0.1) is 0 Å². The lowest BCUT2D eigenvalue weighted by Gasteiger charge is -2.12. The van der Waals surface area contributed by atoms with Crippen molar-refractivity contribution < 1.29 is 9.53 Å². The molecule has 2 rings (SSSR count).